The van der Waals surface area contributed by atoms with Gasteiger partial charge in [-0.2, -0.15) is 0 Å². The Morgan fingerprint density at radius 2 is 1.36 bits per heavy atom. The molecule has 0 aliphatic carbocycles. The summed E-state index contributed by atoms with van der Waals surface area (Å²) in [5.41, 5.74) is 1.28. The lowest BCUT2D eigenvalue weighted by atomic mass is 10.9. The van der Waals surface area contributed by atoms with Gasteiger partial charge < -0.3 is 8.85 Å². The summed E-state index contributed by atoms with van der Waals surface area (Å²) in [4.78, 5) is 0. The highest BCUT2D eigenvalue weighted by Gasteiger charge is 2.33. The molecule has 0 unspecified atom stereocenters. The van der Waals surface area contributed by atoms with Crippen LogP contribution in [0.15, 0.2) is 0 Å². The summed E-state index contributed by atoms with van der Waals surface area (Å²) in [6, 6.07) is 2.75. The zero-order chi connectivity index (χ0) is 11.0. The highest BCUT2D eigenvalue weighted by atomic mass is 28.4. The third-order valence-electron chi connectivity index (χ3n) is 2.71. The molecule has 2 nitrogen and oxygen atoms in total. The first-order chi connectivity index (χ1) is 6.61. The predicted octanol–water partition coefficient (Wildman–Crippen LogP) is 2.94. The molecule has 0 saturated heterocycles. The van der Waals surface area contributed by atoms with Crippen molar-refractivity contribution in [3.8, 4) is 0 Å². The smallest absolute Gasteiger partial charge is 0.331 e. The molecule has 0 aromatic carbocycles. The largest absolute Gasteiger partial charge is 0.395 e. The van der Waals surface area contributed by atoms with E-state index in [-0.39, 0.29) is 0 Å². The number of hydrogen-bond donors (Lipinski definition) is 0. The summed E-state index contributed by atoms with van der Waals surface area (Å²) >= 11 is 0. The zero-order valence-electron chi connectivity index (χ0n) is 10.4. The monoisotopic (exact) mass is 234 g/mol. The second kappa shape index (κ2) is 7.62. The van der Waals surface area contributed by atoms with E-state index in [0.29, 0.717) is 0 Å². The van der Waals surface area contributed by atoms with Gasteiger partial charge in [0.1, 0.15) is 0 Å². The van der Waals surface area contributed by atoms with E-state index >= 15 is 0 Å². The average molecular weight is 234 g/mol. The van der Waals surface area contributed by atoms with Crippen molar-refractivity contribution in [3.05, 3.63) is 0 Å². The molecule has 0 saturated carbocycles. The van der Waals surface area contributed by atoms with Crippen LogP contribution in [0, 0.1) is 0 Å². The van der Waals surface area contributed by atoms with Crippen LogP contribution in [-0.4, -0.2) is 30.6 Å². The minimum absolute atomic E-state index is 0.569. The third-order valence-corrected chi connectivity index (χ3v) is 12.1. The van der Waals surface area contributed by atoms with Gasteiger partial charge in [-0.3, -0.25) is 0 Å². The van der Waals surface area contributed by atoms with Gasteiger partial charge in [-0.25, -0.2) is 0 Å². The van der Waals surface area contributed by atoms with Crippen LogP contribution in [0.2, 0.25) is 24.3 Å². The Kier molecular flexibility index (Phi) is 7.81. The van der Waals surface area contributed by atoms with Gasteiger partial charge in [-0.15, -0.1) is 0 Å². The molecule has 0 bridgehead atoms. The van der Waals surface area contributed by atoms with Crippen LogP contribution in [0.5, 0.6) is 0 Å². The van der Waals surface area contributed by atoms with Crippen LogP contribution in [0.25, 0.3) is 0 Å². The van der Waals surface area contributed by atoms with E-state index < -0.39 is 17.4 Å². The Morgan fingerprint density at radius 1 is 0.929 bits per heavy atom. The molecular weight excluding hydrogens is 208 g/mol. The Hall–Kier alpha value is 0.354. The Bertz CT molecular complexity index is 132. The molecule has 0 aliphatic rings. The maximum Gasteiger partial charge on any atom is 0.331 e. The topological polar surface area (TPSA) is 18.5 Å². The van der Waals surface area contributed by atoms with Crippen molar-refractivity contribution in [3.63, 3.8) is 0 Å². The van der Waals surface area contributed by atoms with E-state index in [1.54, 1.807) is 0 Å². The van der Waals surface area contributed by atoms with Crippen LogP contribution < -0.4 is 0 Å². The van der Waals surface area contributed by atoms with Gasteiger partial charge in [0.05, 0.1) is 0 Å². The quantitative estimate of drug-likeness (QED) is 0.601. The molecule has 86 valence electrons. The van der Waals surface area contributed by atoms with E-state index in [1.165, 1.54) is 17.8 Å². The molecule has 0 heterocycles. The minimum atomic E-state index is -1.79. The average Bonchev–Trinajstić information content (AvgIpc) is 2.15. The lowest BCUT2D eigenvalue weighted by Gasteiger charge is -2.28. The van der Waals surface area contributed by atoms with Crippen molar-refractivity contribution in [1.29, 1.82) is 0 Å². The first-order valence-corrected chi connectivity index (χ1v) is 10.9. The summed E-state index contributed by atoms with van der Waals surface area (Å²) in [5.74, 6) is 0. The van der Waals surface area contributed by atoms with Gasteiger partial charge in [-0.05, 0) is 26.1 Å². The molecule has 0 fully saturated rings. The van der Waals surface area contributed by atoms with Crippen molar-refractivity contribution in [2.24, 2.45) is 0 Å². The second-order valence-electron chi connectivity index (χ2n) is 3.89. The molecular formula is C10H26O2Si2. The van der Waals surface area contributed by atoms with Crippen molar-refractivity contribution < 1.29 is 8.85 Å². The van der Waals surface area contributed by atoms with Crippen molar-refractivity contribution in [2.75, 3.05) is 13.2 Å². The summed E-state index contributed by atoms with van der Waals surface area (Å²) in [6.07, 6.45) is 0. The van der Waals surface area contributed by atoms with Crippen molar-refractivity contribution in [1.82, 2.24) is 0 Å². The first-order valence-electron chi connectivity index (χ1n) is 5.89. The van der Waals surface area contributed by atoms with Crippen LogP contribution in [-0.2, 0) is 8.85 Å². The molecule has 4 heteroatoms. The second-order valence-corrected chi connectivity index (χ2v) is 11.7. The van der Waals surface area contributed by atoms with Gasteiger partial charge in [0.25, 0.3) is 0 Å². The van der Waals surface area contributed by atoms with Gasteiger partial charge >= 0.3 is 8.56 Å². The molecule has 0 amide bonds. The summed E-state index contributed by atoms with van der Waals surface area (Å²) in [7, 11) is -2.36. The Balaban J connectivity index is 4.17. The fourth-order valence-electron chi connectivity index (χ4n) is 1.87. The van der Waals surface area contributed by atoms with Gasteiger partial charge in [0.2, 0.25) is 0 Å². The molecule has 0 aromatic heterocycles. The number of hydrogen-bond acceptors (Lipinski definition) is 2. The molecule has 0 aliphatic heterocycles. The van der Waals surface area contributed by atoms with Gasteiger partial charge in [0, 0.05) is 22.0 Å². The fraction of sp³-hybridized carbons (Fsp3) is 1.00. The normalized spacial score (nSPS) is 12.4. The minimum Gasteiger partial charge on any atom is -0.395 e. The van der Waals surface area contributed by atoms with E-state index in [9.17, 15) is 0 Å². The molecule has 0 radical (unpaired) electrons. The number of rotatable bonds is 8. The fourth-order valence-corrected chi connectivity index (χ4v) is 11.2. The maximum absolute atomic E-state index is 5.86. The standard InChI is InChI=1S/C10H26O2Si2/c1-6-11-14(5,12-7-2)10-13(8-3)9-4/h13H,6-10H2,1-5H3. The summed E-state index contributed by atoms with van der Waals surface area (Å²) < 4.78 is 11.7. The summed E-state index contributed by atoms with van der Waals surface area (Å²) in [6.45, 7) is 12.6. The van der Waals surface area contributed by atoms with Crippen LogP contribution in [0.1, 0.15) is 27.7 Å². The van der Waals surface area contributed by atoms with E-state index in [4.69, 9.17) is 8.85 Å². The van der Waals surface area contributed by atoms with E-state index in [0.717, 1.165) is 13.2 Å². The maximum atomic E-state index is 5.86. The highest BCUT2D eigenvalue weighted by molar-refractivity contribution is 6.81. The van der Waals surface area contributed by atoms with Gasteiger partial charge in [0.15, 0.2) is 0 Å². The van der Waals surface area contributed by atoms with Gasteiger partial charge in [-0.1, -0.05) is 25.9 Å². The van der Waals surface area contributed by atoms with Crippen LogP contribution in [0.3, 0.4) is 0 Å². The van der Waals surface area contributed by atoms with Crippen molar-refractivity contribution in [2.45, 2.75) is 52.0 Å². The van der Waals surface area contributed by atoms with E-state index in [2.05, 4.69) is 34.2 Å². The first kappa shape index (κ1) is 14.4. The molecule has 0 N–H and O–H groups in total. The lowest BCUT2D eigenvalue weighted by Crippen LogP contribution is -2.42. The SMILES string of the molecule is CCO[Si](C)(C[SiH](CC)CC)OCC. The Labute approximate surface area is 91.9 Å². The summed E-state index contributed by atoms with van der Waals surface area (Å²) in [5, 5.41) is 0. The molecule has 0 rings (SSSR count). The molecule has 14 heavy (non-hydrogen) atoms. The van der Waals surface area contributed by atoms with Crippen LogP contribution >= 0.6 is 0 Å². The molecule has 0 aromatic rings. The predicted molar refractivity (Wildman–Crippen MR) is 67.8 cm³/mol. The molecule has 0 spiro atoms. The lowest BCUT2D eigenvalue weighted by molar-refractivity contribution is 0.193. The zero-order valence-corrected chi connectivity index (χ0v) is 12.6. The Morgan fingerprint density at radius 3 is 1.64 bits per heavy atom. The third kappa shape index (κ3) is 5.29. The van der Waals surface area contributed by atoms with Crippen LogP contribution in [0.4, 0.5) is 0 Å². The van der Waals surface area contributed by atoms with E-state index in [1.807, 2.05) is 0 Å². The highest BCUT2D eigenvalue weighted by Crippen LogP contribution is 2.19. The van der Waals surface area contributed by atoms with Crippen molar-refractivity contribution >= 4 is 17.4 Å². The molecule has 0 atom stereocenters.